The zero-order chi connectivity index (χ0) is 13.4. The highest BCUT2D eigenvalue weighted by molar-refractivity contribution is 6.42. The number of carbonyl (C=O) groups is 1. The standard InChI is InChI=1S/C16H12Cl2O/c17-14-7-5-10(9-15(14)18)11-6-8-16(19)13-4-2-1-3-12(11)13/h1-5,7,9,11H,6,8H2/t11-/m0/s1. The number of Topliss-reactive ketones (excluding diaryl/α,β-unsaturated/α-hetero) is 1. The molecule has 0 saturated heterocycles. The zero-order valence-corrected chi connectivity index (χ0v) is 11.7. The van der Waals surface area contributed by atoms with Gasteiger partial charge in [0.2, 0.25) is 0 Å². The van der Waals surface area contributed by atoms with Crippen LogP contribution in [0.1, 0.15) is 40.2 Å². The van der Waals surface area contributed by atoms with Crippen molar-refractivity contribution >= 4 is 29.0 Å². The molecule has 0 bridgehead atoms. The van der Waals surface area contributed by atoms with Crippen LogP contribution >= 0.6 is 23.2 Å². The summed E-state index contributed by atoms with van der Waals surface area (Å²) < 4.78 is 0. The Hall–Kier alpha value is -1.31. The summed E-state index contributed by atoms with van der Waals surface area (Å²) in [6, 6.07) is 13.5. The van der Waals surface area contributed by atoms with Crippen LogP contribution in [-0.4, -0.2) is 5.78 Å². The van der Waals surface area contributed by atoms with Crippen molar-refractivity contribution in [2.24, 2.45) is 0 Å². The molecule has 0 N–H and O–H groups in total. The van der Waals surface area contributed by atoms with Crippen LogP contribution in [0.5, 0.6) is 0 Å². The Balaban J connectivity index is 2.09. The Morgan fingerprint density at radius 2 is 1.79 bits per heavy atom. The first-order valence-electron chi connectivity index (χ1n) is 6.24. The first-order chi connectivity index (χ1) is 9.16. The lowest BCUT2D eigenvalue weighted by atomic mass is 9.78. The molecule has 0 amide bonds. The number of fused-ring (bicyclic) bond motifs is 1. The molecule has 2 aromatic rings. The number of ketones is 1. The van der Waals surface area contributed by atoms with Crippen LogP contribution in [0, 0.1) is 0 Å². The normalized spacial score (nSPS) is 18.2. The molecule has 2 aromatic carbocycles. The van der Waals surface area contributed by atoms with Gasteiger partial charge in [-0.15, -0.1) is 0 Å². The summed E-state index contributed by atoms with van der Waals surface area (Å²) in [5.74, 6) is 0.454. The first-order valence-corrected chi connectivity index (χ1v) is 6.99. The van der Waals surface area contributed by atoms with Gasteiger partial charge in [-0.05, 0) is 29.7 Å². The van der Waals surface area contributed by atoms with Crippen LogP contribution in [0.25, 0.3) is 0 Å². The van der Waals surface area contributed by atoms with Gasteiger partial charge in [0, 0.05) is 17.9 Å². The highest BCUT2D eigenvalue weighted by Crippen LogP contribution is 2.38. The molecule has 0 radical (unpaired) electrons. The molecule has 1 aliphatic rings. The molecule has 0 saturated carbocycles. The van der Waals surface area contributed by atoms with Crippen molar-refractivity contribution in [2.75, 3.05) is 0 Å². The maximum Gasteiger partial charge on any atom is 0.163 e. The van der Waals surface area contributed by atoms with Gasteiger partial charge in [-0.25, -0.2) is 0 Å². The van der Waals surface area contributed by atoms with Crippen molar-refractivity contribution < 1.29 is 4.79 Å². The fourth-order valence-electron chi connectivity index (χ4n) is 2.70. The summed E-state index contributed by atoms with van der Waals surface area (Å²) >= 11 is 12.0. The third-order valence-corrected chi connectivity index (χ3v) is 4.38. The first kappa shape index (κ1) is 12.7. The molecule has 19 heavy (non-hydrogen) atoms. The molecule has 1 nitrogen and oxygen atoms in total. The van der Waals surface area contributed by atoms with Gasteiger partial charge in [0.1, 0.15) is 0 Å². The molecule has 3 heteroatoms. The number of halogens is 2. The third kappa shape index (κ3) is 2.29. The van der Waals surface area contributed by atoms with Crippen molar-refractivity contribution in [3.8, 4) is 0 Å². The second kappa shape index (κ2) is 4.99. The summed E-state index contributed by atoms with van der Waals surface area (Å²) in [6.07, 6.45) is 1.41. The Labute approximate surface area is 122 Å². The van der Waals surface area contributed by atoms with Crippen molar-refractivity contribution in [3.05, 3.63) is 69.2 Å². The minimum absolute atomic E-state index is 0.226. The molecule has 0 unspecified atom stereocenters. The average Bonchev–Trinajstić information content (AvgIpc) is 2.43. The molecule has 0 aliphatic heterocycles. The van der Waals surface area contributed by atoms with Crippen molar-refractivity contribution in [2.45, 2.75) is 18.8 Å². The van der Waals surface area contributed by atoms with E-state index in [9.17, 15) is 4.79 Å². The number of rotatable bonds is 1. The maximum absolute atomic E-state index is 11.9. The van der Waals surface area contributed by atoms with Gasteiger partial charge in [0.25, 0.3) is 0 Å². The molecule has 0 aromatic heterocycles. The summed E-state index contributed by atoms with van der Waals surface area (Å²) in [5.41, 5.74) is 3.05. The number of carbonyl (C=O) groups excluding carboxylic acids is 1. The number of hydrogen-bond acceptors (Lipinski definition) is 1. The van der Waals surface area contributed by atoms with Crippen LogP contribution in [0.2, 0.25) is 10.0 Å². The fraction of sp³-hybridized carbons (Fsp3) is 0.188. The van der Waals surface area contributed by atoms with E-state index in [0.29, 0.717) is 16.5 Å². The van der Waals surface area contributed by atoms with E-state index in [-0.39, 0.29) is 11.7 Å². The van der Waals surface area contributed by atoms with Gasteiger partial charge in [-0.1, -0.05) is 53.5 Å². The van der Waals surface area contributed by atoms with Gasteiger partial charge < -0.3 is 0 Å². The summed E-state index contributed by atoms with van der Waals surface area (Å²) in [5, 5.41) is 1.12. The van der Waals surface area contributed by atoms with Crippen LogP contribution in [0.15, 0.2) is 42.5 Å². The molecule has 0 spiro atoms. The number of benzene rings is 2. The van der Waals surface area contributed by atoms with Crippen LogP contribution in [0.4, 0.5) is 0 Å². The van der Waals surface area contributed by atoms with Crippen LogP contribution in [-0.2, 0) is 0 Å². The van der Waals surface area contributed by atoms with E-state index in [4.69, 9.17) is 23.2 Å². The predicted molar refractivity (Wildman–Crippen MR) is 78.3 cm³/mol. The third-order valence-electron chi connectivity index (χ3n) is 3.64. The van der Waals surface area contributed by atoms with E-state index in [1.54, 1.807) is 0 Å². The lowest BCUT2D eigenvalue weighted by Crippen LogP contribution is -2.16. The monoisotopic (exact) mass is 290 g/mol. The average molecular weight is 291 g/mol. The second-order valence-corrected chi connectivity index (χ2v) is 5.59. The topological polar surface area (TPSA) is 17.1 Å². The zero-order valence-electron chi connectivity index (χ0n) is 10.2. The highest BCUT2D eigenvalue weighted by atomic mass is 35.5. The van der Waals surface area contributed by atoms with E-state index in [1.807, 2.05) is 42.5 Å². The molecule has 96 valence electrons. The molecule has 0 heterocycles. The van der Waals surface area contributed by atoms with Crippen LogP contribution in [0.3, 0.4) is 0 Å². The second-order valence-electron chi connectivity index (χ2n) is 4.78. The molecular weight excluding hydrogens is 279 g/mol. The summed E-state index contributed by atoms with van der Waals surface area (Å²) in [6.45, 7) is 0. The quantitative estimate of drug-likeness (QED) is 0.714. The highest BCUT2D eigenvalue weighted by Gasteiger charge is 2.26. The minimum atomic E-state index is 0.226. The minimum Gasteiger partial charge on any atom is -0.294 e. The van der Waals surface area contributed by atoms with Crippen molar-refractivity contribution in [1.29, 1.82) is 0 Å². The van der Waals surface area contributed by atoms with E-state index < -0.39 is 0 Å². The van der Waals surface area contributed by atoms with Gasteiger partial charge in [-0.3, -0.25) is 4.79 Å². The SMILES string of the molecule is O=C1CC[C@@H](c2ccc(Cl)c(Cl)c2)c2ccccc21. The largest absolute Gasteiger partial charge is 0.294 e. The van der Waals surface area contributed by atoms with Gasteiger partial charge in [0.15, 0.2) is 5.78 Å². The Kier molecular flexibility index (Phi) is 3.34. The van der Waals surface area contributed by atoms with Gasteiger partial charge >= 0.3 is 0 Å². The molecule has 1 aliphatic carbocycles. The molecular formula is C16H12Cl2O. The van der Waals surface area contributed by atoms with Gasteiger partial charge in [-0.2, -0.15) is 0 Å². The Morgan fingerprint density at radius 1 is 1.00 bits per heavy atom. The molecule has 3 rings (SSSR count). The Morgan fingerprint density at radius 3 is 2.58 bits per heavy atom. The van der Waals surface area contributed by atoms with E-state index >= 15 is 0 Å². The maximum atomic E-state index is 11.9. The summed E-state index contributed by atoms with van der Waals surface area (Å²) in [7, 11) is 0. The van der Waals surface area contributed by atoms with Crippen LogP contribution < -0.4 is 0 Å². The van der Waals surface area contributed by atoms with E-state index in [1.165, 1.54) is 0 Å². The lowest BCUT2D eigenvalue weighted by Gasteiger charge is -2.25. The van der Waals surface area contributed by atoms with E-state index in [2.05, 4.69) is 0 Å². The number of hydrogen-bond donors (Lipinski definition) is 0. The lowest BCUT2D eigenvalue weighted by molar-refractivity contribution is 0.0969. The predicted octanol–water partition coefficient (Wildman–Crippen LogP) is 5.10. The smallest absolute Gasteiger partial charge is 0.163 e. The fourth-order valence-corrected chi connectivity index (χ4v) is 3.00. The Bertz CT molecular complexity index is 649. The van der Waals surface area contributed by atoms with Crippen molar-refractivity contribution in [1.82, 2.24) is 0 Å². The van der Waals surface area contributed by atoms with E-state index in [0.717, 1.165) is 23.1 Å². The molecule has 1 atom stereocenters. The summed E-state index contributed by atoms with van der Waals surface area (Å²) in [4.78, 5) is 11.9. The van der Waals surface area contributed by atoms with Gasteiger partial charge in [0.05, 0.1) is 10.0 Å². The molecule has 0 fully saturated rings. The van der Waals surface area contributed by atoms with Crippen molar-refractivity contribution in [3.63, 3.8) is 0 Å².